The number of hydrogen-bond acceptors (Lipinski definition) is 5. The van der Waals surface area contributed by atoms with Crippen molar-refractivity contribution in [1.29, 1.82) is 0 Å². The Kier molecular flexibility index (Phi) is 6.32. The Hall–Kier alpha value is -1.59. The lowest BCUT2D eigenvalue weighted by Gasteiger charge is -2.12. The highest BCUT2D eigenvalue weighted by Crippen LogP contribution is 2.19. The summed E-state index contributed by atoms with van der Waals surface area (Å²) >= 11 is 0. The molecule has 106 valence electrons. The molecule has 0 aromatic heterocycles. The molecule has 19 heavy (non-hydrogen) atoms. The maximum absolute atomic E-state index is 11.7. The number of rotatable bonds is 7. The number of carbonyl (C=O) groups excluding carboxylic acids is 1. The molecule has 1 aromatic carbocycles. The predicted octanol–water partition coefficient (Wildman–Crippen LogP) is 2.00. The summed E-state index contributed by atoms with van der Waals surface area (Å²) in [7, 11) is 1.33. The van der Waals surface area contributed by atoms with Gasteiger partial charge in [-0.25, -0.2) is 4.79 Å². The highest BCUT2D eigenvalue weighted by Gasteiger charge is 2.15. The lowest BCUT2D eigenvalue weighted by atomic mass is 10.1. The van der Waals surface area contributed by atoms with Crippen molar-refractivity contribution in [3.8, 4) is 0 Å². The average Bonchev–Trinajstić information content (AvgIpc) is 2.37. The fourth-order valence-electron chi connectivity index (χ4n) is 1.62. The number of nitrogen functional groups attached to an aromatic ring is 1. The summed E-state index contributed by atoms with van der Waals surface area (Å²) < 4.78 is 15.6. The molecular formula is C14H21NO4. The van der Waals surface area contributed by atoms with Crippen LogP contribution in [0, 0.1) is 0 Å². The van der Waals surface area contributed by atoms with Crippen LogP contribution in [0.5, 0.6) is 0 Å². The third-order valence-electron chi connectivity index (χ3n) is 2.51. The molecule has 5 nitrogen and oxygen atoms in total. The molecule has 0 saturated carbocycles. The van der Waals surface area contributed by atoms with Crippen LogP contribution in [0.15, 0.2) is 18.2 Å². The summed E-state index contributed by atoms with van der Waals surface area (Å²) in [4.78, 5) is 11.7. The minimum atomic E-state index is -0.449. The van der Waals surface area contributed by atoms with Crippen LogP contribution in [0.1, 0.15) is 29.8 Å². The number of carbonyl (C=O) groups is 1. The molecule has 0 spiro atoms. The number of nitrogens with two attached hydrogens (primary N) is 1. The van der Waals surface area contributed by atoms with E-state index in [1.165, 1.54) is 7.11 Å². The number of anilines is 1. The molecule has 1 aromatic rings. The van der Waals surface area contributed by atoms with Crippen LogP contribution >= 0.6 is 0 Å². The van der Waals surface area contributed by atoms with E-state index in [-0.39, 0.29) is 6.10 Å². The van der Waals surface area contributed by atoms with E-state index in [4.69, 9.17) is 19.9 Å². The minimum absolute atomic E-state index is 0.182. The van der Waals surface area contributed by atoms with E-state index in [2.05, 4.69) is 0 Å². The second-order valence-corrected chi connectivity index (χ2v) is 4.35. The van der Waals surface area contributed by atoms with Gasteiger partial charge in [0.05, 0.1) is 38.6 Å². The number of benzene rings is 1. The van der Waals surface area contributed by atoms with Crippen molar-refractivity contribution >= 4 is 11.7 Å². The molecule has 0 unspecified atom stereocenters. The van der Waals surface area contributed by atoms with E-state index in [1.807, 2.05) is 13.8 Å². The fourth-order valence-corrected chi connectivity index (χ4v) is 1.62. The zero-order chi connectivity index (χ0) is 14.3. The van der Waals surface area contributed by atoms with Crippen molar-refractivity contribution in [2.45, 2.75) is 26.6 Å². The summed E-state index contributed by atoms with van der Waals surface area (Å²) in [6.45, 7) is 5.22. The molecule has 1 rings (SSSR count). The predicted molar refractivity (Wildman–Crippen MR) is 72.9 cm³/mol. The van der Waals surface area contributed by atoms with E-state index in [9.17, 15) is 4.79 Å². The standard InChI is InChI=1S/C14H21NO4/c1-10(2)19-8-7-18-9-11-5-4-6-12(15)13(11)14(16)17-3/h4-6,10H,7-9,15H2,1-3H3. The van der Waals surface area contributed by atoms with E-state index < -0.39 is 5.97 Å². The van der Waals surface area contributed by atoms with Crippen LogP contribution in [-0.2, 0) is 20.8 Å². The van der Waals surface area contributed by atoms with Crippen LogP contribution in [0.25, 0.3) is 0 Å². The molecule has 0 aliphatic heterocycles. The molecule has 0 amide bonds. The lowest BCUT2D eigenvalue weighted by molar-refractivity contribution is 0.0140. The minimum Gasteiger partial charge on any atom is -0.465 e. The highest BCUT2D eigenvalue weighted by molar-refractivity contribution is 5.96. The second-order valence-electron chi connectivity index (χ2n) is 4.35. The van der Waals surface area contributed by atoms with Crippen LogP contribution in [0.3, 0.4) is 0 Å². The molecule has 5 heteroatoms. The van der Waals surface area contributed by atoms with Gasteiger partial charge in [0, 0.05) is 5.69 Å². The zero-order valence-corrected chi connectivity index (χ0v) is 11.6. The van der Waals surface area contributed by atoms with E-state index in [0.717, 1.165) is 5.56 Å². The van der Waals surface area contributed by atoms with Gasteiger partial charge < -0.3 is 19.9 Å². The van der Waals surface area contributed by atoms with Gasteiger partial charge in [-0.1, -0.05) is 12.1 Å². The van der Waals surface area contributed by atoms with Gasteiger partial charge in [-0.2, -0.15) is 0 Å². The molecule has 0 aliphatic carbocycles. The molecule has 0 aliphatic rings. The van der Waals surface area contributed by atoms with Crippen molar-refractivity contribution in [1.82, 2.24) is 0 Å². The normalized spacial score (nSPS) is 10.7. The van der Waals surface area contributed by atoms with E-state index in [1.54, 1.807) is 18.2 Å². The Morgan fingerprint density at radius 3 is 2.68 bits per heavy atom. The average molecular weight is 267 g/mol. The first-order chi connectivity index (χ1) is 9.06. The number of hydrogen-bond donors (Lipinski definition) is 1. The third-order valence-corrected chi connectivity index (χ3v) is 2.51. The molecule has 2 N–H and O–H groups in total. The first-order valence-electron chi connectivity index (χ1n) is 6.21. The van der Waals surface area contributed by atoms with Gasteiger partial charge in [0.25, 0.3) is 0 Å². The molecule has 0 bridgehead atoms. The summed E-state index contributed by atoms with van der Waals surface area (Å²) in [5.74, 6) is -0.449. The van der Waals surface area contributed by atoms with Gasteiger partial charge in [0.1, 0.15) is 0 Å². The van der Waals surface area contributed by atoms with Crippen molar-refractivity contribution < 1.29 is 19.0 Å². The summed E-state index contributed by atoms with van der Waals surface area (Å²) in [6.07, 6.45) is 0.182. The van der Waals surface area contributed by atoms with Crippen LogP contribution in [0.2, 0.25) is 0 Å². The number of methoxy groups -OCH3 is 1. The maximum Gasteiger partial charge on any atom is 0.340 e. The van der Waals surface area contributed by atoms with Gasteiger partial charge in [-0.05, 0) is 25.5 Å². The topological polar surface area (TPSA) is 70.8 Å². The van der Waals surface area contributed by atoms with E-state index >= 15 is 0 Å². The van der Waals surface area contributed by atoms with Crippen molar-refractivity contribution in [2.24, 2.45) is 0 Å². The Labute approximate surface area is 113 Å². The molecule has 0 atom stereocenters. The number of esters is 1. The summed E-state index contributed by atoms with van der Waals surface area (Å²) in [5, 5.41) is 0. The maximum atomic E-state index is 11.7. The third kappa shape index (κ3) is 4.89. The Balaban J connectivity index is 2.58. The van der Waals surface area contributed by atoms with Crippen LogP contribution < -0.4 is 5.73 Å². The first kappa shape index (κ1) is 15.5. The molecule has 0 fully saturated rings. The second kappa shape index (κ2) is 7.76. The van der Waals surface area contributed by atoms with E-state index in [0.29, 0.717) is 31.1 Å². The SMILES string of the molecule is COC(=O)c1c(N)cccc1COCCOC(C)C. The summed E-state index contributed by atoms with van der Waals surface area (Å²) in [6, 6.07) is 5.24. The fraction of sp³-hybridized carbons (Fsp3) is 0.500. The molecule has 0 saturated heterocycles. The van der Waals surface area contributed by atoms with Crippen molar-refractivity contribution in [2.75, 3.05) is 26.1 Å². The lowest BCUT2D eigenvalue weighted by Crippen LogP contribution is -2.12. The molecular weight excluding hydrogens is 246 g/mol. The van der Waals surface area contributed by atoms with Gasteiger partial charge >= 0.3 is 5.97 Å². The smallest absolute Gasteiger partial charge is 0.340 e. The zero-order valence-electron chi connectivity index (χ0n) is 11.6. The van der Waals surface area contributed by atoms with Crippen molar-refractivity contribution in [3.63, 3.8) is 0 Å². The largest absolute Gasteiger partial charge is 0.465 e. The monoisotopic (exact) mass is 267 g/mol. The quantitative estimate of drug-likeness (QED) is 0.465. The van der Waals surface area contributed by atoms with Crippen LogP contribution in [-0.4, -0.2) is 32.4 Å². The molecule has 0 radical (unpaired) electrons. The van der Waals surface area contributed by atoms with Gasteiger partial charge in [-0.15, -0.1) is 0 Å². The Morgan fingerprint density at radius 1 is 1.32 bits per heavy atom. The van der Waals surface area contributed by atoms with Gasteiger partial charge in [0.2, 0.25) is 0 Å². The Morgan fingerprint density at radius 2 is 2.05 bits per heavy atom. The number of ether oxygens (including phenoxy) is 3. The molecule has 0 heterocycles. The van der Waals surface area contributed by atoms with Gasteiger partial charge in [0.15, 0.2) is 0 Å². The summed E-state index contributed by atoms with van der Waals surface area (Å²) in [5.41, 5.74) is 7.27. The van der Waals surface area contributed by atoms with Crippen LogP contribution in [0.4, 0.5) is 5.69 Å². The van der Waals surface area contributed by atoms with Gasteiger partial charge in [-0.3, -0.25) is 0 Å². The Bertz CT molecular complexity index is 418. The highest BCUT2D eigenvalue weighted by atomic mass is 16.5. The first-order valence-corrected chi connectivity index (χ1v) is 6.21. The van der Waals surface area contributed by atoms with Crippen molar-refractivity contribution in [3.05, 3.63) is 29.3 Å².